The number of hydrogen-bond acceptors (Lipinski definition) is 2. The molecular weight excluding hydrogens is 295 g/mol. The molecule has 0 unspecified atom stereocenters. The molecule has 0 heterocycles. The minimum absolute atomic E-state index is 0.134. The molecule has 0 bridgehead atoms. The molecule has 0 spiro atoms. The summed E-state index contributed by atoms with van der Waals surface area (Å²) in [4.78, 5) is 14.0. The van der Waals surface area contributed by atoms with Crippen LogP contribution in [0.4, 0.5) is 0 Å². The summed E-state index contributed by atoms with van der Waals surface area (Å²) in [6.07, 6.45) is 5.65. The first-order valence-electron chi connectivity index (χ1n) is 6.68. The summed E-state index contributed by atoms with van der Waals surface area (Å²) in [5.41, 5.74) is 0.668. The second kappa shape index (κ2) is 7.11. The molecule has 1 aromatic rings. The first kappa shape index (κ1) is 15.4. The molecule has 108 valence electrons. The molecule has 1 N–H and O–H groups in total. The predicted octanol–water partition coefficient (Wildman–Crippen LogP) is 3.22. The van der Waals surface area contributed by atoms with Gasteiger partial charge in [-0.1, -0.05) is 29.3 Å². The normalized spacial score (nSPS) is 15.0. The summed E-state index contributed by atoms with van der Waals surface area (Å²) < 4.78 is 0. The molecule has 0 aliphatic heterocycles. The second-order valence-electron chi connectivity index (χ2n) is 4.97. The van der Waals surface area contributed by atoms with E-state index < -0.39 is 0 Å². The zero-order chi connectivity index (χ0) is 14.5. The van der Waals surface area contributed by atoms with Gasteiger partial charge in [-0.15, -0.1) is 0 Å². The third-order valence-electron chi connectivity index (χ3n) is 3.34. The van der Waals surface area contributed by atoms with E-state index in [1.807, 2.05) is 0 Å². The van der Waals surface area contributed by atoms with Crippen LogP contribution in [-0.2, 0) is 4.79 Å². The summed E-state index contributed by atoms with van der Waals surface area (Å²) in [7, 11) is 2.09. The molecule has 2 rings (SSSR count). The van der Waals surface area contributed by atoms with E-state index in [0.717, 1.165) is 6.54 Å². The number of nitrogens with zero attached hydrogens (tertiary/aromatic N) is 1. The van der Waals surface area contributed by atoms with E-state index in [2.05, 4.69) is 17.3 Å². The average molecular weight is 313 g/mol. The third kappa shape index (κ3) is 4.51. The van der Waals surface area contributed by atoms with Crippen LogP contribution in [0.2, 0.25) is 10.0 Å². The molecule has 1 aromatic carbocycles. The van der Waals surface area contributed by atoms with Gasteiger partial charge in [0, 0.05) is 40.8 Å². The second-order valence-corrected chi connectivity index (χ2v) is 5.79. The summed E-state index contributed by atoms with van der Waals surface area (Å²) in [5, 5.41) is 3.93. The molecule has 1 amide bonds. The lowest BCUT2D eigenvalue weighted by Gasteiger charge is -2.15. The Balaban J connectivity index is 1.80. The van der Waals surface area contributed by atoms with Gasteiger partial charge in [0.05, 0.1) is 0 Å². The number of carbonyl (C=O) groups excluding carboxylic acids is 1. The Bertz CT molecular complexity index is 492. The van der Waals surface area contributed by atoms with Crippen molar-refractivity contribution >= 4 is 35.2 Å². The van der Waals surface area contributed by atoms with Crippen LogP contribution in [0, 0.1) is 0 Å². The van der Waals surface area contributed by atoms with Crippen LogP contribution in [0.25, 0.3) is 6.08 Å². The van der Waals surface area contributed by atoms with Crippen LogP contribution in [0.1, 0.15) is 18.4 Å². The highest BCUT2D eigenvalue weighted by Gasteiger charge is 2.25. The van der Waals surface area contributed by atoms with E-state index in [9.17, 15) is 4.79 Å². The average Bonchev–Trinajstić information content (AvgIpc) is 3.22. The SMILES string of the molecule is CN(CCNC(=O)/C=C/c1c(Cl)cccc1Cl)C1CC1. The van der Waals surface area contributed by atoms with Gasteiger partial charge in [0.25, 0.3) is 0 Å². The molecule has 0 atom stereocenters. The summed E-state index contributed by atoms with van der Waals surface area (Å²) in [6, 6.07) is 5.98. The Labute approximate surface area is 129 Å². The van der Waals surface area contributed by atoms with Gasteiger partial charge >= 0.3 is 0 Å². The topological polar surface area (TPSA) is 32.3 Å². The van der Waals surface area contributed by atoms with Gasteiger partial charge in [-0.25, -0.2) is 0 Å². The Morgan fingerprint density at radius 3 is 2.65 bits per heavy atom. The predicted molar refractivity (Wildman–Crippen MR) is 84.2 cm³/mol. The van der Waals surface area contributed by atoms with Gasteiger partial charge in [-0.3, -0.25) is 4.79 Å². The van der Waals surface area contributed by atoms with Gasteiger partial charge in [-0.05, 0) is 38.1 Å². The largest absolute Gasteiger partial charge is 0.351 e. The lowest BCUT2D eigenvalue weighted by atomic mass is 10.2. The number of hydrogen-bond donors (Lipinski definition) is 1. The van der Waals surface area contributed by atoms with Crippen LogP contribution in [0.15, 0.2) is 24.3 Å². The van der Waals surface area contributed by atoms with Crippen LogP contribution in [0.5, 0.6) is 0 Å². The fraction of sp³-hybridized carbons (Fsp3) is 0.400. The number of rotatable bonds is 6. The Morgan fingerprint density at radius 2 is 2.05 bits per heavy atom. The molecule has 5 heteroatoms. The monoisotopic (exact) mass is 312 g/mol. The number of benzene rings is 1. The molecule has 20 heavy (non-hydrogen) atoms. The zero-order valence-electron chi connectivity index (χ0n) is 11.4. The highest BCUT2D eigenvalue weighted by molar-refractivity contribution is 6.37. The molecule has 1 aliphatic carbocycles. The lowest BCUT2D eigenvalue weighted by molar-refractivity contribution is -0.116. The standard InChI is InChI=1S/C15H18Cl2N2O/c1-19(11-5-6-11)10-9-18-15(20)8-7-12-13(16)3-2-4-14(12)17/h2-4,7-8,11H,5-6,9-10H2,1H3,(H,18,20)/b8-7+. The highest BCUT2D eigenvalue weighted by atomic mass is 35.5. The van der Waals surface area contributed by atoms with Crippen molar-refractivity contribution in [2.24, 2.45) is 0 Å². The summed E-state index contributed by atoms with van der Waals surface area (Å²) in [5.74, 6) is -0.134. The fourth-order valence-electron chi connectivity index (χ4n) is 1.94. The highest BCUT2D eigenvalue weighted by Crippen LogP contribution is 2.25. The van der Waals surface area contributed by atoms with Crippen LogP contribution < -0.4 is 5.32 Å². The minimum Gasteiger partial charge on any atom is -0.351 e. The van der Waals surface area contributed by atoms with E-state index in [4.69, 9.17) is 23.2 Å². The zero-order valence-corrected chi connectivity index (χ0v) is 12.9. The van der Waals surface area contributed by atoms with Gasteiger partial charge in [0.2, 0.25) is 5.91 Å². The first-order chi connectivity index (χ1) is 9.58. The number of halogens is 2. The molecule has 3 nitrogen and oxygen atoms in total. The van der Waals surface area contributed by atoms with Crippen LogP contribution >= 0.6 is 23.2 Å². The van der Waals surface area contributed by atoms with E-state index >= 15 is 0 Å². The molecule has 0 aromatic heterocycles. The third-order valence-corrected chi connectivity index (χ3v) is 3.99. The van der Waals surface area contributed by atoms with Crippen LogP contribution in [-0.4, -0.2) is 37.0 Å². The maximum absolute atomic E-state index is 11.7. The molecule has 1 fully saturated rings. The Hall–Kier alpha value is -1.03. The fourth-order valence-corrected chi connectivity index (χ4v) is 2.46. The minimum atomic E-state index is -0.134. The first-order valence-corrected chi connectivity index (χ1v) is 7.43. The maximum Gasteiger partial charge on any atom is 0.244 e. The van der Waals surface area contributed by atoms with Crippen molar-refractivity contribution in [3.63, 3.8) is 0 Å². The number of carbonyl (C=O) groups is 1. The molecule has 1 saturated carbocycles. The smallest absolute Gasteiger partial charge is 0.244 e. The molecule has 1 aliphatic rings. The number of amides is 1. The summed E-state index contributed by atoms with van der Waals surface area (Å²) >= 11 is 12.1. The van der Waals surface area contributed by atoms with E-state index in [1.165, 1.54) is 18.9 Å². The van der Waals surface area contributed by atoms with Crippen molar-refractivity contribution in [3.05, 3.63) is 39.9 Å². The van der Waals surface area contributed by atoms with Crippen molar-refractivity contribution < 1.29 is 4.79 Å². The Morgan fingerprint density at radius 1 is 1.40 bits per heavy atom. The van der Waals surface area contributed by atoms with E-state index in [0.29, 0.717) is 28.2 Å². The maximum atomic E-state index is 11.7. The van der Waals surface area contributed by atoms with Gasteiger partial charge in [-0.2, -0.15) is 0 Å². The van der Waals surface area contributed by atoms with Crippen molar-refractivity contribution in [2.75, 3.05) is 20.1 Å². The van der Waals surface area contributed by atoms with Crippen molar-refractivity contribution in [1.82, 2.24) is 10.2 Å². The van der Waals surface area contributed by atoms with E-state index in [1.54, 1.807) is 24.3 Å². The van der Waals surface area contributed by atoms with Crippen molar-refractivity contribution in [1.29, 1.82) is 0 Å². The quantitative estimate of drug-likeness (QED) is 0.818. The number of nitrogens with one attached hydrogen (secondary N) is 1. The molecular formula is C15H18Cl2N2O. The summed E-state index contributed by atoms with van der Waals surface area (Å²) in [6.45, 7) is 1.52. The van der Waals surface area contributed by atoms with Crippen molar-refractivity contribution in [3.8, 4) is 0 Å². The van der Waals surface area contributed by atoms with Gasteiger partial charge in [0.15, 0.2) is 0 Å². The Kier molecular flexibility index (Phi) is 5.46. The van der Waals surface area contributed by atoms with Gasteiger partial charge < -0.3 is 10.2 Å². The molecule has 0 saturated heterocycles. The number of likely N-dealkylation sites (N-methyl/N-ethyl adjacent to an activating group) is 1. The molecule has 0 radical (unpaired) electrons. The van der Waals surface area contributed by atoms with E-state index in [-0.39, 0.29) is 5.91 Å². The van der Waals surface area contributed by atoms with Crippen molar-refractivity contribution in [2.45, 2.75) is 18.9 Å². The van der Waals surface area contributed by atoms with Gasteiger partial charge in [0.1, 0.15) is 0 Å². The lowest BCUT2D eigenvalue weighted by Crippen LogP contribution is -2.33. The van der Waals surface area contributed by atoms with Crippen LogP contribution in [0.3, 0.4) is 0 Å².